The first-order chi connectivity index (χ1) is 12.8. The molecule has 5 nitrogen and oxygen atoms in total. The lowest BCUT2D eigenvalue weighted by atomic mass is 10.2. The number of sulfonamides is 1. The van der Waals surface area contributed by atoms with E-state index >= 15 is 0 Å². The molecule has 0 amide bonds. The number of nitrogens with one attached hydrogen (secondary N) is 2. The van der Waals surface area contributed by atoms with Gasteiger partial charge in [-0.05, 0) is 54.5 Å². The van der Waals surface area contributed by atoms with Crippen LogP contribution >= 0.6 is 12.2 Å². The summed E-state index contributed by atoms with van der Waals surface area (Å²) in [6.45, 7) is 6.61. The summed E-state index contributed by atoms with van der Waals surface area (Å²) < 4.78 is 39.9. The minimum absolute atomic E-state index is 0.269. The van der Waals surface area contributed by atoms with Crippen LogP contribution in [0.3, 0.4) is 0 Å². The maximum Gasteiger partial charge on any atom is 0.243 e. The second-order valence-corrected chi connectivity index (χ2v) is 8.35. The van der Waals surface area contributed by atoms with Crippen LogP contribution in [0.2, 0.25) is 0 Å². The summed E-state index contributed by atoms with van der Waals surface area (Å²) in [5.74, 6) is -0.298. The van der Waals surface area contributed by atoms with Crippen molar-refractivity contribution >= 4 is 33.0 Å². The summed E-state index contributed by atoms with van der Waals surface area (Å²) in [4.78, 5) is 0.269. The lowest BCUT2D eigenvalue weighted by molar-refractivity contribution is 0.445. The fourth-order valence-electron chi connectivity index (χ4n) is 2.52. The molecule has 2 aromatic rings. The third-order valence-electron chi connectivity index (χ3n) is 4.15. The molecular weight excluding hydrogens is 385 g/mol. The molecule has 0 unspecified atom stereocenters. The first-order valence-corrected chi connectivity index (χ1v) is 10.5. The van der Waals surface area contributed by atoms with Crippen molar-refractivity contribution in [1.29, 1.82) is 0 Å². The number of rotatable bonds is 7. The Balaban J connectivity index is 1.96. The number of nitrogens with zero attached hydrogens (tertiary/aromatic N) is 1. The molecule has 0 saturated carbocycles. The van der Waals surface area contributed by atoms with E-state index in [-0.39, 0.29) is 10.7 Å². The van der Waals surface area contributed by atoms with Crippen LogP contribution in [-0.2, 0) is 16.6 Å². The zero-order valence-electron chi connectivity index (χ0n) is 15.6. The fourth-order valence-corrected chi connectivity index (χ4v) is 4.17. The van der Waals surface area contributed by atoms with Gasteiger partial charge in [0.15, 0.2) is 5.11 Å². The third-order valence-corrected chi connectivity index (χ3v) is 6.46. The number of benzene rings is 2. The van der Waals surface area contributed by atoms with Gasteiger partial charge in [-0.25, -0.2) is 12.8 Å². The normalized spacial score (nSPS) is 11.4. The van der Waals surface area contributed by atoms with Crippen molar-refractivity contribution in [2.75, 3.05) is 18.4 Å². The van der Waals surface area contributed by atoms with Crippen molar-refractivity contribution in [3.63, 3.8) is 0 Å². The van der Waals surface area contributed by atoms with Gasteiger partial charge in [-0.2, -0.15) is 4.31 Å². The van der Waals surface area contributed by atoms with Crippen molar-refractivity contribution in [2.45, 2.75) is 32.2 Å². The van der Waals surface area contributed by atoms with Crippen LogP contribution in [0, 0.1) is 12.7 Å². The van der Waals surface area contributed by atoms with E-state index in [1.165, 1.54) is 10.4 Å². The Morgan fingerprint density at radius 3 is 2.30 bits per heavy atom. The molecule has 0 fully saturated rings. The van der Waals surface area contributed by atoms with Gasteiger partial charge in [0.2, 0.25) is 10.0 Å². The second-order valence-electron chi connectivity index (χ2n) is 6.00. The van der Waals surface area contributed by atoms with Crippen LogP contribution in [0.1, 0.15) is 25.0 Å². The molecule has 2 aromatic carbocycles. The van der Waals surface area contributed by atoms with E-state index in [0.29, 0.717) is 36.0 Å². The Labute approximate surface area is 165 Å². The monoisotopic (exact) mass is 409 g/mol. The zero-order valence-corrected chi connectivity index (χ0v) is 17.3. The molecule has 27 heavy (non-hydrogen) atoms. The molecule has 0 bridgehead atoms. The Morgan fingerprint density at radius 1 is 1.11 bits per heavy atom. The predicted molar refractivity (Wildman–Crippen MR) is 111 cm³/mol. The van der Waals surface area contributed by atoms with E-state index < -0.39 is 10.0 Å². The molecule has 0 spiro atoms. The molecule has 0 saturated heterocycles. The van der Waals surface area contributed by atoms with E-state index in [9.17, 15) is 12.8 Å². The predicted octanol–water partition coefficient (Wildman–Crippen LogP) is 3.65. The van der Waals surface area contributed by atoms with Gasteiger partial charge in [0, 0.05) is 25.3 Å². The van der Waals surface area contributed by atoms with Gasteiger partial charge in [0.25, 0.3) is 0 Å². The largest absolute Gasteiger partial charge is 0.358 e. The Hall–Kier alpha value is -2.03. The maximum atomic E-state index is 13.6. The van der Waals surface area contributed by atoms with E-state index in [4.69, 9.17) is 12.2 Å². The molecule has 0 atom stereocenters. The van der Waals surface area contributed by atoms with Gasteiger partial charge in [-0.1, -0.05) is 32.0 Å². The Bertz CT molecular complexity index is 896. The number of anilines is 1. The summed E-state index contributed by atoms with van der Waals surface area (Å²) in [7, 11) is -3.46. The topological polar surface area (TPSA) is 61.4 Å². The molecule has 0 aliphatic heterocycles. The molecule has 8 heteroatoms. The summed E-state index contributed by atoms with van der Waals surface area (Å²) in [6.07, 6.45) is 0. The maximum absolute atomic E-state index is 13.6. The number of hydrogen-bond acceptors (Lipinski definition) is 3. The van der Waals surface area contributed by atoms with Gasteiger partial charge in [-0.3, -0.25) is 0 Å². The third kappa shape index (κ3) is 5.47. The van der Waals surface area contributed by atoms with E-state index in [0.717, 1.165) is 5.56 Å². The smallest absolute Gasteiger partial charge is 0.243 e. The minimum atomic E-state index is -3.46. The van der Waals surface area contributed by atoms with Crippen LogP contribution in [0.4, 0.5) is 10.1 Å². The molecule has 0 radical (unpaired) electrons. The molecule has 2 N–H and O–H groups in total. The standard InChI is InChI=1S/C19H24FN3O2S2/c1-4-23(5-2)27(24,25)17-10-7-15(8-11-17)13-21-19(26)22-16-9-6-14(3)18(20)12-16/h6-12H,4-5,13H2,1-3H3,(H2,21,22,26). The van der Waals surface area contributed by atoms with Crippen molar-refractivity contribution in [1.82, 2.24) is 9.62 Å². The van der Waals surface area contributed by atoms with Crippen molar-refractivity contribution in [2.24, 2.45) is 0 Å². The fraction of sp³-hybridized carbons (Fsp3) is 0.316. The average molecular weight is 410 g/mol. The average Bonchev–Trinajstić information content (AvgIpc) is 2.64. The van der Waals surface area contributed by atoms with Gasteiger partial charge < -0.3 is 10.6 Å². The molecule has 0 heterocycles. The summed E-state index contributed by atoms with van der Waals surface area (Å²) >= 11 is 5.21. The first kappa shape index (κ1) is 21.3. The van der Waals surface area contributed by atoms with Gasteiger partial charge >= 0.3 is 0 Å². The van der Waals surface area contributed by atoms with Crippen molar-refractivity contribution in [3.05, 3.63) is 59.4 Å². The van der Waals surface area contributed by atoms with Gasteiger partial charge in [-0.15, -0.1) is 0 Å². The Morgan fingerprint density at radius 2 is 1.74 bits per heavy atom. The second kappa shape index (κ2) is 9.25. The van der Waals surface area contributed by atoms with Crippen LogP contribution in [0.5, 0.6) is 0 Å². The highest BCUT2D eigenvalue weighted by molar-refractivity contribution is 7.89. The number of hydrogen-bond donors (Lipinski definition) is 2. The SMILES string of the molecule is CCN(CC)S(=O)(=O)c1ccc(CNC(=S)Nc2ccc(C)c(F)c2)cc1. The first-order valence-electron chi connectivity index (χ1n) is 8.68. The van der Waals surface area contributed by atoms with Crippen LogP contribution in [-0.4, -0.2) is 30.9 Å². The molecule has 0 aliphatic carbocycles. The van der Waals surface area contributed by atoms with Gasteiger partial charge in [0.1, 0.15) is 5.82 Å². The number of halogens is 1. The van der Waals surface area contributed by atoms with Crippen molar-refractivity contribution in [3.8, 4) is 0 Å². The van der Waals surface area contributed by atoms with Gasteiger partial charge in [0.05, 0.1) is 4.90 Å². The highest BCUT2D eigenvalue weighted by atomic mass is 32.2. The quantitative estimate of drug-likeness (QED) is 0.684. The summed E-state index contributed by atoms with van der Waals surface area (Å²) in [6, 6.07) is 11.5. The van der Waals surface area contributed by atoms with E-state index in [1.807, 2.05) is 13.8 Å². The molecule has 0 aromatic heterocycles. The molecule has 2 rings (SSSR count). The molecule has 146 valence electrons. The number of thiocarbonyl (C=S) groups is 1. The Kier molecular flexibility index (Phi) is 7.29. The lowest BCUT2D eigenvalue weighted by Gasteiger charge is -2.18. The highest BCUT2D eigenvalue weighted by Crippen LogP contribution is 2.16. The highest BCUT2D eigenvalue weighted by Gasteiger charge is 2.21. The summed E-state index contributed by atoms with van der Waals surface area (Å²) in [5, 5.41) is 6.31. The van der Waals surface area contributed by atoms with Crippen molar-refractivity contribution < 1.29 is 12.8 Å². The zero-order chi connectivity index (χ0) is 20.0. The lowest BCUT2D eigenvalue weighted by Crippen LogP contribution is -2.30. The van der Waals surface area contributed by atoms with Crippen LogP contribution in [0.25, 0.3) is 0 Å². The van der Waals surface area contributed by atoms with E-state index in [1.54, 1.807) is 43.3 Å². The van der Waals surface area contributed by atoms with Crippen LogP contribution < -0.4 is 10.6 Å². The molecular formula is C19H24FN3O2S2. The molecule has 0 aliphatic rings. The summed E-state index contributed by atoms with van der Waals surface area (Å²) in [5.41, 5.74) is 2.02. The van der Waals surface area contributed by atoms with E-state index in [2.05, 4.69) is 10.6 Å². The minimum Gasteiger partial charge on any atom is -0.358 e. The van der Waals surface area contributed by atoms with Crippen LogP contribution in [0.15, 0.2) is 47.4 Å². The number of aryl methyl sites for hydroxylation is 1.